The number of anilines is 3. The molecule has 0 fully saturated rings. The van der Waals surface area contributed by atoms with Gasteiger partial charge < -0.3 is 11.1 Å². The molecule has 0 spiro atoms. The molecule has 0 unspecified atom stereocenters. The summed E-state index contributed by atoms with van der Waals surface area (Å²) in [6, 6.07) is 6.74. The van der Waals surface area contributed by atoms with Gasteiger partial charge in [0, 0.05) is 11.9 Å². The van der Waals surface area contributed by atoms with Crippen molar-refractivity contribution in [1.29, 1.82) is 0 Å². The molecule has 0 aliphatic heterocycles. The predicted molar refractivity (Wildman–Crippen MR) is 70.8 cm³/mol. The van der Waals surface area contributed by atoms with Crippen molar-refractivity contribution < 1.29 is 4.39 Å². The topological polar surface area (TPSA) is 50.9 Å². The summed E-state index contributed by atoms with van der Waals surface area (Å²) >= 11 is 3.15. The van der Waals surface area contributed by atoms with Crippen molar-refractivity contribution in [2.75, 3.05) is 11.1 Å². The highest BCUT2D eigenvalue weighted by Crippen LogP contribution is 2.28. The summed E-state index contributed by atoms with van der Waals surface area (Å²) < 4.78 is 13.7. The molecule has 1 heterocycles. The Morgan fingerprint density at radius 3 is 2.82 bits per heavy atom. The molecule has 3 N–H and O–H groups in total. The van der Waals surface area contributed by atoms with E-state index in [0.29, 0.717) is 16.0 Å². The van der Waals surface area contributed by atoms with E-state index < -0.39 is 0 Å². The molecule has 17 heavy (non-hydrogen) atoms. The first-order valence-electron chi connectivity index (χ1n) is 5.01. The number of nitrogen functional groups attached to an aromatic ring is 1. The van der Waals surface area contributed by atoms with Gasteiger partial charge in [0.25, 0.3) is 0 Å². The summed E-state index contributed by atoms with van der Waals surface area (Å²) in [5.74, 6) is 0.125. The van der Waals surface area contributed by atoms with Crippen LogP contribution in [-0.2, 0) is 0 Å². The number of pyridine rings is 1. The first-order valence-corrected chi connectivity index (χ1v) is 5.80. The van der Waals surface area contributed by atoms with Crippen molar-refractivity contribution in [3.05, 3.63) is 46.3 Å². The minimum atomic E-state index is -0.285. The second-order valence-electron chi connectivity index (χ2n) is 3.64. The minimum Gasteiger partial charge on any atom is -0.382 e. The Balaban J connectivity index is 2.37. The van der Waals surface area contributed by atoms with Crippen LogP contribution in [0.25, 0.3) is 0 Å². The Bertz CT molecular complexity index is 557. The van der Waals surface area contributed by atoms with Crippen LogP contribution in [0.4, 0.5) is 21.6 Å². The molecule has 0 amide bonds. The molecule has 2 rings (SSSR count). The molecule has 0 aliphatic carbocycles. The first-order chi connectivity index (χ1) is 8.08. The highest BCUT2D eigenvalue weighted by Gasteiger charge is 2.07. The van der Waals surface area contributed by atoms with E-state index in [1.807, 2.05) is 13.0 Å². The first kappa shape index (κ1) is 11.9. The molecule has 0 saturated heterocycles. The number of nitrogens with one attached hydrogen (secondary N) is 1. The number of nitrogens with zero attached hydrogens (tertiary/aromatic N) is 1. The summed E-state index contributed by atoms with van der Waals surface area (Å²) in [5.41, 5.74) is 8.02. The lowest BCUT2D eigenvalue weighted by atomic mass is 10.2. The standard InChI is InChI=1S/C12H11BrFN3/c1-7-5-9(14)8(13)6-11(7)17-10-3-2-4-16-12(10)15/h2-6,17H,1H3,(H2,15,16). The number of nitrogens with two attached hydrogens (primary N) is 1. The Labute approximate surface area is 107 Å². The molecule has 1 aromatic heterocycles. The summed E-state index contributed by atoms with van der Waals surface area (Å²) in [7, 11) is 0. The van der Waals surface area contributed by atoms with E-state index in [-0.39, 0.29) is 5.82 Å². The number of aromatic nitrogens is 1. The van der Waals surface area contributed by atoms with E-state index in [9.17, 15) is 4.39 Å². The van der Waals surface area contributed by atoms with Gasteiger partial charge in [0.2, 0.25) is 0 Å². The molecule has 0 bridgehead atoms. The molecule has 0 aliphatic rings. The highest BCUT2D eigenvalue weighted by molar-refractivity contribution is 9.10. The second kappa shape index (κ2) is 4.71. The maximum atomic E-state index is 13.3. The largest absolute Gasteiger partial charge is 0.382 e. The van der Waals surface area contributed by atoms with Crippen LogP contribution in [0.5, 0.6) is 0 Å². The number of aryl methyl sites for hydroxylation is 1. The Kier molecular flexibility index (Phi) is 3.28. The van der Waals surface area contributed by atoms with E-state index in [4.69, 9.17) is 5.73 Å². The Hall–Kier alpha value is -1.62. The fraction of sp³-hybridized carbons (Fsp3) is 0.0833. The van der Waals surface area contributed by atoms with Gasteiger partial charge in [0.15, 0.2) is 0 Å². The number of benzene rings is 1. The zero-order valence-electron chi connectivity index (χ0n) is 9.17. The van der Waals surface area contributed by atoms with E-state index in [0.717, 1.165) is 11.3 Å². The smallest absolute Gasteiger partial charge is 0.147 e. The van der Waals surface area contributed by atoms with Crippen LogP contribution < -0.4 is 11.1 Å². The number of hydrogen-bond acceptors (Lipinski definition) is 3. The molecule has 0 saturated carbocycles. The molecule has 1 aromatic carbocycles. The van der Waals surface area contributed by atoms with Crippen LogP contribution in [-0.4, -0.2) is 4.98 Å². The van der Waals surface area contributed by atoms with Crippen molar-refractivity contribution in [3.8, 4) is 0 Å². The monoisotopic (exact) mass is 295 g/mol. The van der Waals surface area contributed by atoms with E-state index in [1.165, 1.54) is 6.07 Å². The molecule has 2 aromatic rings. The normalized spacial score (nSPS) is 10.3. The lowest BCUT2D eigenvalue weighted by Crippen LogP contribution is -2.00. The predicted octanol–water partition coefficient (Wildman–Crippen LogP) is 3.62. The van der Waals surface area contributed by atoms with Crippen LogP contribution in [0.1, 0.15) is 5.56 Å². The molecule has 0 atom stereocenters. The molecule has 88 valence electrons. The van der Waals surface area contributed by atoms with E-state index in [2.05, 4.69) is 26.2 Å². The van der Waals surface area contributed by atoms with Crippen molar-refractivity contribution in [2.24, 2.45) is 0 Å². The maximum absolute atomic E-state index is 13.3. The van der Waals surface area contributed by atoms with Gasteiger partial charge in [-0.2, -0.15) is 0 Å². The Morgan fingerprint density at radius 1 is 1.35 bits per heavy atom. The van der Waals surface area contributed by atoms with Crippen molar-refractivity contribution in [1.82, 2.24) is 4.98 Å². The third-order valence-corrected chi connectivity index (χ3v) is 2.98. The summed E-state index contributed by atoms with van der Waals surface area (Å²) in [5, 5.41) is 3.12. The Morgan fingerprint density at radius 2 is 2.12 bits per heavy atom. The average molecular weight is 296 g/mol. The fourth-order valence-electron chi connectivity index (χ4n) is 1.45. The number of hydrogen-bond donors (Lipinski definition) is 2. The van der Waals surface area contributed by atoms with Crippen LogP contribution in [0, 0.1) is 12.7 Å². The zero-order chi connectivity index (χ0) is 12.4. The van der Waals surface area contributed by atoms with Gasteiger partial charge in [0.1, 0.15) is 11.6 Å². The summed E-state index contributed by atoms with van der Waals surface area (Å²) in [6.45, 7) is 1.82. The van der Waals surface area contributed by atoms with Gasteiger partial charge in [-0.05, 0) is 52.7 Å². The van der Waals surface area contributed by atoms with Gasteiger partial charge in [-0.15, -0.1) is 0 Å². The SMILES string of the molecule is Cc1cc(F)c(Br)cc1Nc1cccnc1N. The fourth-order valence-corrected chi connectivity index (χ4v) is 1.79. The van der Waals surface area contributed by atoms with E-state index >= 15 is 0 Å². The van der Waals surface area contributed by atoms with Gasteiger partial charge in [0.05, 0.1) is 10.2 Å². The number of rotatable bonds is 2. The zero-order valence-corrected chi connectivity index (χ0v) is 10.8. The number of halogens is 2. The van der Waals surface area contributed by atoms with Crippen molar-refractivity contribution >= 4 is 33.1 Å². The third-order valence-electron chi connectivity index (χ3n) is 2.38. The molecule has 3 nitrogen and oxygen atoms in total. The van der Waals surface area contributed by atoms with Gasteiger partial charge in [-0.25, -0.2) is 9.37 Å². The lowest BCUT2D eigenvalue weighted by molar-refractivity contribution is 0.620. The van der Waals surface area contributed by atoms with Gasteiger partial charge in [-0.1, -0.05) is 0 Å². The molecule has 5 heteroatoms. The van der Waals surface area contributed by atoms with Crippen molar-refractivity contribution in [2.45, 2.75) is 6.92 Å². The second-order valence-corrected chi connectivity index (χ2v) is 4.50. The third kappa shape index (κ3) is 2.55. The van der Waals surface area contributed by atoms with E-state index in [1.54, 1.807) is 18.3 Å². The lowest BCUT2D eigenvalue weighted by Gasteiger charge is -2.11. The van der Waals surface area contributed by atoms with Gasteiger partial charge >= 0.3 is 0 Å². The molecular formula is C12H11BrFN3. The molecular weight excluding hydrogens is 285 g/mol. The van der Waals surface area contributed by atoms with Crippen molar-refractivity contribution in [3.63, 3.8) is 0 Å². The average Bonchev–Trinajstić information content (AvgIpc) is 2.29. The highest BCUT2D eigenvalue weighted by atomic mass is 79.9. The minimum absolute atomic E-state index is 0.285. The summed E-state index contributed by atoms with van der Waals surface area (Å²) in [6.07, 6.45) is 1.62. The quantitative estimate of drug-likeness (QED) is 0.890. The summed E-state index contributed by atoms with van der Waals surface area (Å²) in [4.78, 5) is 3.97. The van der Waals surface area contributed by atoms with Crippen LogP contribution >= 0.6 is 15.9 Å². The van der Waals surface area contributed by atoms with Crippen LogP contribution in [0.3, 0.4) is 0 Å². The van der Waals surface area contributed by atoms with Crippen LogP contribution in [0.15, 0.2) is 34.9 Å². The van der Waals surface area contributed by atoms with Gasteiger partial charge in [-0.3, -0.25) is 0 Å². The molecule has 0 radical (unpaired) electrons. The van der Waals surface area contributed by atoms with Crippen LogP contribution in [0.2, 0.25) is 0 Å². The maximum Gasteiger partial charge on any atom is 0.147 e.